The maximum atomic E-state index is 14.2. The van der Waals surface area contributed by atoms with E-state index in [1.165, 1.54) is 6.92 Å². The summed E-state index contributed by atoms with van der Waals surface area (Å²) in [4.78, 5) is 46.0. The molecule has 3 N–H and O–H groups in total. The highest BCUT2D eigenvalue weighted by molar-refractivity contribution is 6.42. The van der Waals surface area contributed by atoms with Crippen LogP contribution < -0.4 is 16.2 Å². The van der Waals surface area contributed by atoms with Gasteiger partial charge < -0.3 is 15.5 Å². The zero-order valence-electron chi connectivity index (χ0n) is 24.2. The van der Waals surface area contributed by atoms with Crippen LogP contribution in [0.2, 0.25) is 10.0 Å². The molecule has 10 nitrogen and oxygen atoms in total. The van der Waals surface area contributed by atoms with E-state index in [0.29, 0.717) is 50.6 Å². The van der Waals surface area contributed by atoms with Crippen LogP contribution in [-0.2, 0) is 17.8 Å². The third-order valence-electron chi connectivity index (χ3n) is 7.80. The summed E-state index contributed by atoms with van der Waals surface area (Å²) in [5.41, 5.74) is 4.34. The molecule has 0 radical (unpaired) electrons. The number of aromatic nitrogens is 4. The highest BCUT2D eigenvalue weighted by Gasteiger charge is 2.32. The van der Waals surface area contributed by atoms with Crippen LogP contribution in [0.4, 0.5) is 11.6 Å². The minimum Gasteiger partial charge on any atom is -0.349 e. The number of hydrogen-bond donors (Lipinski definition) is 3. The average molecular weight is 631 g/mol. The van der Waals surface area contributed by atoms with Gasteiger partial charge in [-0.2, -0.15) is 5.10 Å². The lowest BCUT2D eigenvalue weighted by Crippen LogP contribution is -2.46. The first-order valence-corrected chi connectivity index (χ1v) is 14.8. The number of amides is 2. The Bertz CT molecular complexity index is 1970. The predicted octanol–water partition coefficient (Wildman–Crippen LogP) is 6.13. The number of H-pyrrole nitrogens is 1. The van der Waals surface area contributed by atoms with Crippen LogP contribution in [0.15, 0.2) is 71.7 Å². The maximum Gasteiger partial charge on any atom is 0.263 e. The molecule has 1 aliphatic heterocycles. The number of hydrogen-bond acceptors (Lipinski definition) is 6. The van der Waals surface area contributed by atoms with Crippen molar-refractivity contribution in [3.05, 3.63) is 110 Å². The second-order valence-corrected chi connectivity index (χ2v) is 11.7. The first-order chi connectivity index (χ1) is 21.1. The van der Waals surface area contributed by atoms with Gasteiger partial charge >= 0.3 is 0 Å². The first-order valence-electron chi connectivity index (χ1n) is 14.1. The van der Waals surface area contributed by atoms with E-state index in [1.54, 1.807) is 58.1 Å². The molecule has 3 heterocycles. The van der Waals surface area contributed by atoms with Crippen LogP contribution in [0, 0.1) is 0 Å². The van der Waals surface area contributed by atoms with Gasteiger partial charge in [-0.05, 0) is 80.4 Å². The number of anilines is 2. The van der Waals surface area contributed by atoms with E-state index in [0.717, 1.165) is 16.5 Å². The predicted molar refractivity (Wildman–Crippen MR) is 172 cm³/mol. The minimum absolute atomic E-state index is 0.150. The number of nitrogens with one attached hydrogen (secondary N) is 3. The summed E-state index contributed by atoms with van der Waals surface area (Å²) in [5.74, 6) is -0.0834. The quantitative estimate of drug-likeness (QED) is 0.207. The minimum atomic E-state index is -0.269. The molecule has 3 aromatic carbocycles. The van der Waals surface area contributed by atoms with Crippen molar-refractivity contribution in [3.8, 4) is 5.69 Å². The fourth-order valence-electron chi connectivity index (χ4n) is 5.47. The first kappa shape index (κ1) is 29.4. The van der Waals surface area contributed by atoms with Crippen LogP contribution in [0.1, 0.15) is 54.0 Å². The van der Waals surface area contributed by atoms with Gasteiger partial charge in [-0.1, -0.05) is 29.3 Å². The van der Waals surface area contributed by atoms with Gasteiger partial charge in [0.15, 0.2) is 0 Å². The summed E-state index contributed by atoms with van der Waals surface area (Å²) in [6.07, 6.45) is 2.08. The monoisotopic (exact) mass is 629 g/mol. The lowest BCUT2D eigenvalue weighted by molar-refractivity contribution is -0.114. The van der Waals surface area contributed by atoms with E-state index in [2.05, 4.69) is 20.8 Å². The van der Waals surface area contributed by atoms with Gasteiger partial charge in [0.1, 0.15) is 0 Å². The Balaban J connectivity index is 1.41. The lowest BCUT2D eigenvalue weighted by atomic mass is 9.98. The van der Waals surface area contributed by atoms with Gasteiger partial charge in [0, 0.05) is 35.2 Å². The Hall–Kier alpha value is -4.67. The molecular formula is C32H29Cl2N7O3. The zero-order chi connectivity index (χ0) is 31.1. The number of fused-ring (bicyclic) bond motifs is 2. The molecular weight excluding hydrogens is 601 g/mol. The summed E-state index contributed by atoms with van der Waals surface area (Å²) in [6, 6.07) is 17.3. The summed E-state index contributed by atoms with van der Waals surface area (Å²) in [6.45, 7) is 5.48. The molecule has 5 aromatic rings. The Labute approximate surface area is 263 Å². The SMILES string of the molecule is CC(=O)Nc1ccc(-n2c(N[C@@H](C)c3ccc4[nH]ncc4c3)nc3c(c2=O)C[C@@H](C)N(C(=O)c2ccc(Cl)c(Cl)c2)C3)cc1. The van der Waals surface area contributed by atoms with Gasteiger partial charge in [0.05, 0.1) is 45.7 Å². The molecule has 0 fully saturated rings. The Morgan fingerprint density at radius 3 is 2.55 bits per heavy atom. The molecule has 1 aliphatic rings. The summed E-state index contributed by atoms with van der Waals surface area (Å²) >= 11 is 12.3. The lowest BCUT2D eigenvalue weighted by Gasteiger charge is -2.35. The third kappa shape index (κ3) is 5.66. The molecule has 0 aliphatic carbocycles. The third-order valence-corrected chi connectivity index (χ3v) is 8.54. The van der Waals surface area contributed by atoms with E-state index in [4.69, 9.17) is 28.2 Å². The molecule has 44 heavy (non-hydrogen) atoms. The molecule has 2 atom stereocenters. The standard InChI is InChI=1S/C32H29Cl2N7O3/c1-17-12-25-29(16-40(17)30(43)21-4-10-26(33)27(34)14-21)38-32(36-18(2)20-5-11-28-22(13-20)15-35-39-28)41(31(25)44)24-8-6-23(7-9-24)37-19(3)42/h4-11,13-15,17-18H,12,16H2,1-3H3,(H,35,39)(H,36,38)(H,37,42)/t17-,18+/m1/s1. The molecule has 6 rings (SSSR count). The molecule has 0 bridgehead atoms. The van der Waals surface area contributed by atoms with E-state index < -0.39 is 0 Å². The summed E-state index contributed by atoms with van der Waals surface area (Å²) < 4.78 is 1.55. The highest BCUT2D eigenvalue weighted by atomic mass is 35.5. The largest absolute Gasteiger partial charge is 0.349 e. The van der Waals surface area contributed by atoms with Crippen molar-refractivity contribution in [2.45, 2.75) is 45.8 Å². The van der Waals surface area contributed by atoms with Crippen LogP contribution >= 0.6 is 23.2 Å². The number of aromatic amines is 1. The topological polar surface area (TPSA) is 125 Å². The smallest absolute Gasteiger partial charge is 0.263 e. The summed E-state index contributed by atoms with van der Waals surface area (Å²) in [5, 5.41) is 14.9. The molecule has 224 valence electrons. The average Bonchev–Trinajstić information content (AvgIpc) is 3.47. The molecule has 0 spiro atoms. The Morgan fingerprint density at radius 1 is 1.05 bits per heavy atom. The molecule has 0 saturated heterocycles. The van der Waals surface area contributed by atoms with Crippen molar-refractivity contribution in [2.75, 3.05) is 10.6 Å². The molecule has 2 aromatic heterocycles. The van der Waals surface area contributed by atoms with Crippen molar-refractivity contribution in [2.24, 2.45) is 0 Å². The number of carbonyl (C=O) groups is 2. The van der Waals surface area contributed by atoms with Crippen molar-refractivity contribution in [1.82, 2.24) is 24.6 Å². The zero-order valence-corrected chi connectivity index (χ0v) is 25.7. The Morgan fingerprint density at radius 2 is 1.82 bits per heavy atom. The Kier molecular flexibility index (Phi) is 7.87. The van der Waals surface area contributed by atoms with Gasteiger partial charge in [0.2, 0.25) is 11.9 Å². The van der Waals surface area contributed by atoms with Gasteiger partial charge in [0.25, 0.3) is 11.5 Å². The van der Waals surface area contributed by atoms with Crippen LogP contribution in [0.3, 0.4) is 0 Å². The second-order valence-electron chi connectivity index (χ2n) is 10.9. The fourth-order valence-corrected chi connectivity index (χ4v) is 5.76. The van der Waals surface area contributed by atoms with Gasteiger partial charge in [-0.3, -0.25) is 19.5 Å². The number of rotatable bonds is 6. The van der Waals surface area contributed by atoms with Gasteiger partial charge in [-0.25, -0.2) is 9.55 Å². The fraction of sp³-hybridized carbons (Fsp3) is 0.219. The van der Waals surface area contributed by atoms with Crippen LogP contribution in [0.5, 0.6) is 0 Å². The number of carbonyl (C=O) groups excluding carboxylic acids is 2. The van der Waals surface area contributed by atoms with Crippen LogP contribution in [0.25, 0.3) is 16.6 Å². The molecule has 0 saturated carbocycles. The van der Waals surface area contributed by atoms with E-state index in [9.17, 15) is 14.4 Å². The number of benzene rings is 3. The van der Waals surface area contributed by atoms with Crippen molar-refractivity contribution in [1.29, 1.82) is 0 Å². The van der Waals surface area contributed by atoms with Crippen LogP contribution in [-0.4, -0.2) is 42.5 Å². The molecule has 12 heteroatoms. The maximum absolute atomic E-state index is 14.2. The van der Waals surface area contributed by atoms with Crippen molar-refractivity contribution >= 4 is 57.6 Å². The number of nitrogens with zero attached hydrogens (tertiary/aromatic N) is 4. The van der Waals surface area contributed by atoms with E-state index >= 15 is 0 Å². The normalized spacial score (nSPS) is 15.1. The summed E-state index contributed by atoms with van der Waals surface area (Å²) in [7, 11) is 0. The number of halogens is 2. The highest BCUT2D eigenvalue weighted by Crippen LogP contribution is 2.29. The second kappa shape index (κ2) is 11.8. The molecule has 0 unspecified atom stereocenters. The van der Waals surface area contributed by atoms with Gasteiger partial charge in [-0.15, -0.1) is 0 Å². The molecule has 2 amide bonds. The van der Waals surface area contributed by atoms with E-state index in [1.807, 2.05) is 32.0 Å². The van der Waals surface area contributed by atoms with Crippen molar-refractivity contribution < 1.29 is 9.59 Å². The van der Waals surface area contributed by atoms with Crippen molar-refractivity contribution in [3.63, 3.8) is 0 Å². The van der Waals surface area contributed by atoms with E-state index in [-0.39, 0.29) is 36.0 Å².